The van der Waals surface area contributed by atoms with Crippen LogP contribution in [0.2, 0.25) is 0 Å². The van der Waals surface area contributed by atoms with Gasteiger partial charge in [-0.25, -0.2) is 4.98 Å². The average molecular weight is 227 g/mol. The molecule has 0 N–H and O–H groups in total. The van der Waals surface area contributed by atoms with Crippen molar-refractivity contribution >= 4 is 22.9 Å². The molecule has 14 heavy (non-hydrogen) atoms. The molecule has 0 fully saturated rings. The third kappa shape index (κ3) is 2.16. The quantitative estimate of drug-likeness (QED) is 0.736. The average Bonchev–Trinajstić information content (AvgIpc) is 2.76. The Morgan fingerprint density at radius 3 is 2.93 bits per heavy atom. The van der Waals surface area contributed by atoms with Gasteiger partial charge in [-0.15, -0.1) is 22.9 Å². The molecular weight excluding hydrogens is 216 g/mol. The van der Waals surface area contributed by atoms with Crippen molar-refractivity contribution in [3.8, 4) is 0 Å². The lowest BCUT2D eigenvalue weighted by molar-refractivity contribution is 0.809. The van der Waals surface area contributed by atoms with Crippen molar-refractivity contribution in [3.63, 3.8) is 0 Å². The number of hydrogen-bond donors (Lipinski definition) is 0. The van der Waals surface area contributed by atoms with Crippen LogP contribution in [0.15, 0.2) is 24.7 Å². The first kappa shape index (κ1) is 9.74. The summed E-state index contributed by atoms with van der Waals surface area (Å²) < 4.78 is 2.06. The van der Waals surface area contributed by atoms with Crippen LogP contribution in [-0.2, 0) is 12.4 Å². The van der Waals surface area contributed by atoms with E-state index in [1.54, 1.807) is 0 Å². The van der Waals surface area contributed by atoms with E-state index in [4.69, 9.17) is 11.6 Å². The highest BCUT2D eigenvalue weighted by Gasteiger charge is 2.00. The molecule has 2 heterocycles. The molecule has 2 aromatic heterocycles. The van der Waals surface area contributed by atoms with E-state index >= 15 is 0 Å². The predicted octanol–water partition coefficient (Wildman–Crippen LogP) is 3.04. The number of aromatic nitrogens is 2. The van der Waals surface area contributed by atoms with Crippen molar-refractivity contribution in [2.24, 2.45) is 0 Å². The normalized spacial score (nSPS) is 10.7. The summed E-state index contributed by atoms with van der Waals surface area (Å²) in [4.78, 5) is 6.87. The smallest absolute Gasteiger partial charge is 0.0953 e. The molecule has 0 bridgehead atoms. The highest BCUT2D eigenvalue weighted by Crippen LogP contribution is 2.16. The Kier molecular flexibility index (Phi) is 2.89. The zero-order valence-corrected chi connectivity index (χ0v) is 9.48. The molecule has 2 rings (SSSR count). The van der Waals surface area contributed by atoms with Crippen LogP contribution in [0.5, 0.6) is 0 Å². The predicted molar refractivity (Wildman–Crippen MR) is 59.9 cm³/mol. The first-order valence-corrected chi connectivity index (χ1v) is 5.75. The molecule has 0 saturated heterocycles. The van der Waals surface area contributed by atoms with Crippen molar-refractivity contribution in [2.75, 3.05) is 0 Å². The van der Waals surface area contributed by atoms with Crippen molar-refractivity contribution in [2.45, 2.75) is 19.3 Å². The van der Waals surface area contributed by atoms with Gasteiger partial charge in [0.05, 0.1) is 24.4 Å². The Morgan fingerprint density at radius 1 is 1.50 bits per heavy atom. The third-order valence-corrected chi connectivity index (χ3v) is 3.22. The Balaban J connectivity index is 2.10. The van der Waals surface area contributed by atoms with Crippen molar-refractivity contribution in [3.05, 3.63) is 40.1 Å². The third-order valence-electron chi connectivity index (χ3n) is 1.96. The van der Waals surface area contributed by atoms with E-state index in [0.29, 0.717) is 5.88 Å². The molecule has 2 nitrogen and oxygen atoms in total. The molecule has 4 heteroatoms. The van der Waals surface area contributed by atoms with E-state index in [2.05, 4.69) is 28.6 Å². The number of halogens is 1. The molecule has 0 unspecified atom stereocenters. The first-order valence-electron chi connectivity index (χ1n) is 4.40. The zero-order chi connectivity index (χ0) is 9.97. The first-order chi connectivity index (χ1) is 6.78. The summed E-state index contributed by atoms with van der Waals surface area (Å²) >= 11 is 7.49. The fourth-order valence-corrected chi connectivity index (χ4v) is 2.35. The van der Waals surface area contributed by atoms with Gasteiger partial charge in [-0.3, -0.25) is 0 Å². The molecule has 2 aromatic rings. The van der Waals surface area contributed by atoms with Gasteiger partial charge < -0.3 is 4.57 Å². The van der Waals surface area contributed by atoms with Crippen molar-refractivity contribution < 1.29 is 0 Å². The summed E-state index contributed by atoms with van der Waals surface area (Å²) in [6.07, 6.45) is 3.81. The van der Waals surface area contributed by atoms with Gasteiger partial charge in [0.2, 0.25) is 0 Å². The lowest BCUT2D eigenvalue weighted by atomic mass is 10.4. The maximum absolute atomic E-state index is 5.67. The Hall–Kier alpha value is -0.800. The summed E-state index contributed by atoms with van der Waals surface area (Å²) in [6, 6.07) is 4.29. The Bertz CT molecular complexity index is 419. The number of alkyl halides is 1. The monoisotopic (exact) mass is 226 g/mol. The molecule has 0 aliphatic rings. The maximum Gasteiger partial charge on any atom is 0.0953 e. The summed E-state index contributed by atoms with van der Waals surface area (Å²) in [5, 5.41) is 0. The van der Waals surface area contributed by atoms with Crippen molar-refractivity contribution in [1.29, 1.82) is 0 Å². The number of nitrogens with zero attached hydrogens (tertiary/aromatic N) is 2. The van der Waals surface area contributed by atoms with E-state index in [-0.39, 0.29) is 0 Å². The minimum atomic E-state index is 0.483. The van der Waals surface area contributed by atoms with Gasteiger partial charge in [-0.1, -0.05) is 0 Å². The van der Waals surface area contributed by atoms with Crippen LogP contribution in [-0.4, -0.2) is 9.55 Å². The molecule has 0 aliphatic heterocycles. The van der Waals surface area contributed by atoms with E-state index in [1.165, 1.54) is 9.75 Å². The maximum atomic E-state index is 5.67. The number of rotatable bonds is 3. The van der Waals surface area contributed by atoms with Crippen molar-refractivity contribution in [1.82, 2.24) is 9.55 Å². The second-order valence-corrected chi connectivity index (χ2v) is 4.82. The SMILES string of the molecule is Cc1ccc(Cn2cnc(CCl)c2)s1. The van der Waals surface area contributed by atoms with E-state index in [1.807, 2.05) is 23.9 Å². The number of thiophene rings is 1. The highest BCUT2D eigenvalue weighted by molar-refractivity contribution is 7.11. The van der Waals surface area contributed by atoms with E-state index in [0.717, 1.165) is 12.2 Å². The van der Waals surface area contributed by atoms with Crippen LogP contribution in [0.1, 0.15) is 15.4 Å². The summed E-state index contributed by atoms with van der Waals surface area (Å²) in [5.74, 6) is 0.483. The Morgan fingerprint density at radius 2 is 2.36 bits per heavy atom. The summed E-state index contributed by atoms with van der Waals surface area (Å²) in [6.45, 7) is 3.01. The minimum Gasteiger partial charge on any atom is -0.332 e. The molecule has 0 atom stereocenters. The highest BCUT2D eigenvalue weighted by atomic mass is 35.5. The summed E-state index contributed by atoms with van der Waals surface area (Å²) in [7, 11) is 0. The van der Waals surface area contributed by atoms with Gasteiger partial charge in [0.15, 0.2) is 0 Å². The van der Waals surface area contributed by atoms with Crippen LogP contribution in [0.3, 0.4) is 0 Å². The van der Waals surface area contributed by atoms with E-state index < -0.39 is 0 Å². The zero-order valence-electron chi connectivity index (χ0n) is 7.90. The van der Waals surface area contributed by atoms with Crippen LogP contribution >= 0.6 is 22.9 Å². The van der Waals surface area contributed by atoms with Crippen LogP contribution in [0, 0.1) is 6.92 Å². The molecule has 0 spiro atoms. The van der Waals surface area contributed by atoms with Gasteiger partial charge in [0, 0.05) is 16.0 Å². The molecule has 0 amide bonds. The van der Waals surface area contributed by atoms with Gasteiger partial charge in [-0.05, 0) is 19.1 Å². The number of hydrogen-bond acceptors (Lipinski definition) is 2. The second-order valence-electron chi connectivity index (χ2n) is 3.18. The number of aryl methyl sites for hydroxylation is 1. The molecule has 0 aliphatic carbocycles. The molecule has 74 valence electrons. The Labute approximate surface area is 92.2 Å². The lowest BCUT2D eigenvalue weighted by Gasteiger charge is -1.97. The number of imidazole rings is 1. The largest absolute Gasteiger partial charge is 0.332 e. The molecule has 0 radical (unpaired) electrons. The van der Waals surface area contributed by atoms with E-state index in [9.17, 15) is 0 Å². The molecular formula is C10H11ClN2S. The fraction of sp³-hybridized carbons (Fsp3) is 0.300. The van der Waals surface area contributed by atoms with Crippen LogP contribution in [0.25, 0.3) is 0 Å². The standard InChI is InChI=1S/C10H11ClN2S/c1-8-2-3-10(14-8)6-13-5-9(4-11)12-7-13/h2-3,5,7H,4,6H2,1H3. The van der Waals surface area contributed by atoms with Gasteiger partial charge in [-0.2, -0.15) is 0 Å². The topological polar surface area (TPSA) is 17.8 Å². The minimum absolute atomic E-state index is 0.483. The fourth-order valence-electron chi connectivity index (χ4n) is 1.31. The van der Waals surface area contributed by atoms with Gasteiger partial charge in [0.25, 0.3) is 0 Å². The van der Waals surface area contributed by atoms with Gasteiger partial charge in [0.1, 0.15) is 0 Å². The lowest BCUT2D eigenvalue weighted by Crippen LogP contribution is -1.93. The summed E-state index contributed by atoms with van der Waals surface area (Å²) in [5.41, 5.74) is 0.931. The van der Waals surface area contributed by atoms with Crippen LogP contribution in [0.4, 0.5) is 0 Å². The molecule has 0 saturated carbocycles. The van der Waals surface area contributed by atoms with Crippen LogP contribution < -0.4 is 0 Å². The van der Waals surface area contributed by atoms with Gasteiger partial charge >= 0.3 is 0 Å². The molecule has 0 aromatic carbocycles. The second kappa shape index (κ2) is 4.15.